The van der Waals surface area contributed by atoms with Crippen molar-refractivity contribution >= 4 is 5.78 Å². The fourth-order valence-electron chi connectivity index (χ4n) is 1.60. The molecule has 0 bridgehead atoms. The third kappa shape index (κ3) is 4.39. The number of hydrogen-bond donors (Lipinski definition) is 1. The van der Waals surface area contributed by atoms with E-state index in [0.717, 1.165) is 25.9 Å². The van der Waals surface area contributed by atoms with Gasteiger partial charge >= 0.3 is 0 Å². The zero-order valence-electron chi connectivity index (χ0n) is 8.00. The summed E-state index contributed by atoms with van der Waals surface area (Å²) < 4.78 is 5.41. The minimum atomic E-state index is 0.117. The molecule has 1 fully saturated rings. The van der Waals surface area contributed by atoms with Crippen molar-refractivity contribution in [3.05, 3.63) is 0 Å². The maximum absolute atomic E-state index is 11.2. The van der Waals surface area contributed by atoms with Crippen LogP contribution in [0.25, 0.3) is 0 Å². The van der Waals surface area contributed by atoms with Gasteiger partial charge in [-0.25, -0.2) is 0 Å². The smallest absolute Gasteiger partial charge is 0.133 e. The summed E-state index contributed by atoms with van der Waals surface area (Å²) in [5.74, 6) is 0.254. The molecule has 0 radical (unpaired) electrons. The Kier molecular flexibility index (Phi) is 5.01. The summed E-state index contributed by atoms with van der Waals surface area (Å²) in [4.78, 5) is 11.2. The number of rotatable bonds is 6. The minimum Gasteiger partial charge on any atom is -0.396 e. The monoisotopic (exact) mass is 186 g/mol. The van der Waals surface area contributed by atoms with Crippen molar-refractivity contribution in [2.24, 2.45) is 0 Å². The molecule has 0 aliphatic carbocycles. The molecule has 3 heteroatoms. The summed E-state index contributed by atoms with van der Waals surface area (Å²) in [7, 11) is 0. The van der Waals surface area contributed by atoms with Gasteiger partial charge in [-0.2, -0.15) is 0 Å². The van der Waals surface area contributed by atoms with Crippen molar-refractivity contribution in [3.63, 3.8) is 0 Å². The molecule has 1 atom stereocenters. The fourth-order valence-corrected chi connectivity index (χ4v) is 1.60. The highest BCUT2D eigenvalue weighted by molar-refractivity contribution is 5.78. The quantitative estimate of drug-likeness (QED) is 0.680. The van der Waals surface area contributed by atoms with Crippen LogP contribution in [0.2, 0.25) is 0 Å². The lowest BCUT2D eigenvalue weighted by atomic mass is 10.1. The molecule has 1 N–H and O–H groups in total. The summed E-state index contributed by atoms with van der Waals surface area (Å²) in [6.45, 7) is 0.973. The van der Waals surface area contributed by atoms with Crippen molar-refractivity contribution in [1.29, 1.82) is 0 Å². The van der Waals surface area contributed by atoms with E-state index in [1.54, 1.807) is 0 Å². The topological polar surface area (TPSA) is 46.5 Å². The molecular formula is C10H18O3. The van der Waals surface area contributed by atoms with Gasteiger partial charge in [0.15, 0.2) is 0 Å². The summed E-state index contributed by atoms with van der Waals surface area (Å²) in [6, 6.07) is 0. The number of Topliss-reactive ketones (excluding diaryl/α,β-unsaturated/α-hetero) is 1. The molecule has 1 saturated heterocycles. The molecule has 0 aromatic rings. The minimum absolute atomic E-state index is 0.117. The number of aliphatic hydroxyl groups is 1. The predicted molar refractivity (Wildman–Crippen MR) is 49.5 cm³/mol. The molecule has 0 amide bonds. The van der Waals surface area contributed by atoms with Crippen LogP contribution in [0.4, 0.5) is 0 Å². The van der Waals surface area contributed by atoms with E-state index in [1.165, 1.54) is 0 Å². The Bertz CT molecular complexity index is 150. The van der Waals surface area contributed by atoms with E-state index in [1.807, 2.05) is 0 Å². The van der Waals surface area contributed by atoms with E-state index < -0.39 is 0 Å². The summed E-state index contributed by atoms with van der Waals surface area (Å²) >= 11 is 0. The Morgan fingerprint density at radius 3 is 2.92 bits per heavy atom. The molecule has 76 valence electrons. The van der Waals surface area contributed by atoms with Crippen LogP contribution in [0.15, 0.2) is 0 Å². The summed E-state index contributed by atoms with van der Waals surface area (Å²) in [5.41, 5.74) is 0. The maximum Gasteiger partial charge on any atom is 0.133 e. The number of aliphatic hydroxyl groups excluding tert-OH is 1. The largest absolute Gasteiger partial charge is 0.396 e. The molecular weight excluding hydrogens is 168 g/mol. The first-order chi connectivity index (χ1) is 6.33. The van der Waals surface area contributed by atoms with Crippen LogP contribution >= 0.6 is 0 Å². The van der Waals surface area contributed by atoms with Crippen LogP contribution in [0, 0.1) is 0 Å². The summed E-state index contributed by atoms with van der Waals surface area (Å²) in [6.07, 6.45) is 5.16. The van der Waals surface area contributed by atoms with Gasteiger partial charge < -0.3 is 9.84 Å². The van der Waals surface area contributed by atoms with Crippen LogP contribution in [-0.4, -0.2) is 30.2 Å². The van der Waals surface area contributed by atoms with Gasteiger partial charge in [-0.3, -0.25) is 4.79 Å². The fraction of sp³-hybridized carbons (Fsp3) is 0.900. The van der Waals surface area contributed by atoms with Gasteiger partial charge in [-0.05, 0) is 25.7 Å². The first kappa shape index (κ1) is 10.7. The van der Waals surface area contributed by atoms with E-state index in [-0.39, 0.29) is 12.4 Å². The van der Waals surface area contributed by atoms with Gasteiger partial charge in [0.05, 0.1) is 6.10 Å². The normalized spacial score (nSPS) is 22.1. The van der Waals surface area contributed by atoms with E-state index in [4.69, 9.17) is 9.84 Å². The second-order valence-corrected chi connectivity index (χ2v) is 3.54. The average Bonchev–Trinajstić information content (AvgIpc) is 2.64. The first-order valence-corrected chi connectivity index (χ1v) is 5.07. The standard InChI is InChI=1S/C10H18O3/c11-7-1-3-9(12)5-6-10-4-2-8-13-10/h10-11H,1-8H2. The van der Waals surface area contributed by atoms with Crippen molar-refractivity contribution in [1.82, 2.24) is 0 Å². The molecule has 1 aliphatic heterocycles. The second-order valence-electron chi connectivity index (χ2n) is 3.54. The number of ketones is 1. The maximum atomic E-state index is 11.2. The number of ether oxygens (including phenoxy) is 1. The van der Waals surface area contributed by atoms with E-state index in [0.29, 0.717) is 25.4 Å². The lowest BCUT2D eigenvalue weighted by Crippen LogP contribution is -2.08. The molecule has 1 heterocycles. The van der Waals surface area contributed by atoms with Gasteiger partial charge in [0.25, 0.3) is 0 Å². The second kappa shape index (κ2) is 6.11. The van der Waals surface area contributed by atoms with Crippen LogP contribution in [0.5, 0.6) is 0 Å². The number of carbonyl (C=O) groups excluding carboxylic acids is 1. The Labute approximate surface area is 79.1 Å². The van der Waals surface area contributed by atoms with Crippen LogP contribution in [0.1, 0.15) is 38.5 Å². The highest BCUT2D eigenvalue weighted by Gasteiger charge is 2.16. The van der Waals surface area contributed by atoms with Crippen LogP contribution < -0.4 is 0 Å². The molecule has 0 saturated carbocycles. The third-order valence-electron chi connectivity index (χ3n) is 2.38. The number of hydrogen-bond acceptors (Lipinski definition) is 3. The Morgan fingerprint density at radius 2 is 2.31 bits per heavy atom. The van der Waals surface area contributed by atoms with E-state index >= 15 is 0 Å². The van der Waals surface area contributed by atoms with Gasteiger partial charge in [0.2, 0.25) is 0 Å². The highest BCUT2D eigenvalue weighted by Crippen LogP contribution is 2.17. The zero-order chi connectivity index (χ0) is 9.52. The van der Waals surface area contributed by atoms with E-state index in [2.05, 4.69) is 0 Å². The van der Waals surface area contributed by atoms with Crippen molar-refractivity contribution < 1.29 is 14.6 Å². The van der Waals surface area contributed by atoms with Crippen molar-refractivity contribution in [2.75, 3.05) is 13.2 Å². The predicted octanol–water partition coefficient (Wildman–Crippen LogP) is 1.29. The molecule has 1 unspecified atom stereocenters. The molecule has 0 aromatic carbocycles. The zero-order valence-corrected chi connectivity index (χ0v) is 8.00. The van der Waals surface area contributed by atoms with Gasteiger partial charge in [-0.1, -0.05) is 0 Å². The molecule has 3 nitrogen and oxygen atoms in total. The summed E-state index contributed by atoms with van der Waals surface area (Å²) in [5, 5.41) is 8.52. The van der Waals surface area contributed by atoms with Gasteiger partial charge in [0, 0.05) is 26.1 Å². The Hall–Kier alpha value is -0.410. The SMILES string of the molecule is O=C(CCCO)CCC1CCCO1. The third-order valence-corrected chi connectivity index (χ3v) is 2.38. The molecule has 13 heavy (non-hydrogen) atoms. The van der Waals surface area contributed by atoms with Crippen LogP contribution in [-0.2, 0) is 9.53 Å². The Balaban J connectivity index is 2.00. The molecule has 0 aromatic heterocycles. The van der Waals surface area contributed by atoms with E-state index in [9.17, 15) is 4.79 Å². The van der Waals surface area contributed by atoms with Crippen LogP contribution in [0.3, 0.4) is 0 Å². The lowest BCUT2D eigenvalue weighted by molar-refractivity contribution is -0.119. The highest BCUT2D eigenvalue weighted by atomic mass is 16.5. The van der Waals surface area contributed by atoms with Gasteiger partial charge in [0.1, 0.15) is 5.78 Å². The van der Waals surface area contributed by atoms with Crippen molar-refractivity contribution in [2.45, 2.75) is 44.6 Å². The Morgan fingerprint density at radius 1 is 1.46 bits per heavy atom. The average molecular weight is 186 g/mol. The molecule has 1 rings (SSSR count). The molecule has 0 spiro atoms. The number of carbonyl (C=O) groups is 1. The first-order valence-electron chi connectivity index (χ1n) is 5.07. The van der Waals surface area contributed by atoms with Crippen molar-refractivity contribution in [3.8, 4) is 0 Å². The molecule has 1 aliphatic rings. The van der Waals surface area contributed by atoms with Gasteiger partial charge in [-0.15, -0.1) is 0 Å². The lowest BCUT2D eigenvalue weighted by Gasteiger charge is -2.07.